The molecule has 0 radical (unpaired) electrons. The van der Waals surface area contributed by atoms with Crippen LogP contribution in [0.4, 0.5) is 4.79 Å². The maximum absolute atomic E-state index is 12.1. The van der Waals surface area contributed by atoms with Crippen LogP contribution in [0.3, 0.4) is 0 Å². The van der Waals surface area contributed by atoms with Crippen LogP contribution in [-0.2, 0) is 19.6 Å². The van der Waals surface area contributed by atoms with Crippen LogP contribution in [0, 0.1) is 6.92 Å². The molecule has 0 bridgehead atoms. The van der Waals surface area contributed by atoms with Crippen molar-refractivity contribution in [1.29, 1.82) is 0 Å². The molecule has 2 heterocycles. The third-order valence-electron chi connectivity index (χ3n) is 4.33. The Morgan fingerprint density at radius 3 is 2.48 bits per heavy atom. The van der Waals surface area contributed by atoms with E-state index in [4.69, 9.17) is 4.74 Å². The maximum atomic E-state index is 12.1. The topological polar surface area (TPSA) is 81.1 Å². The van der Waals surface area contributed by atoms with Crippen LogP contribution in [0.15, 0.2) is 55.0 Å². The summed E-state index contributed by atoms with van der Waals surface area (Å²) in [4.78, 5) is 20.6. The SMILES string of the molecule is Cc1nccn1Cc1cccc(CNC(=O)NCc2ccc(OC(C)C)nc2)c1. The van der Waals surface area contributed by atoms with Gasteiger partial charge >= 0.3 is 6.03 Å². The molecule has 29 heavy (non-hydrogen) atoms. The maximum Gasteiger partial charge on any atom is 0.315 e. The molecular formula is C22H27N5O2. The molecular weight excluding hydrogens is 366 g/mol. The molecule has 1 aromatic carbocycles. The van der Waals surface area contributed by atoms with Gasteiger partial charge < -0.3 is 19.9 Å². The van der Waals surface area contributed by atoms with Crippen molar-refractivity contribution in [1.82, 2.24) is 25.2 Å². The van der Waals surface area contributed by atoms with Crippen molar-refractivity contribution in [2.24, 2.45) is 0 Å². The predicted octanol–water partition coefficient (Wildman–Crippen LogP) is 3.42. The summed E-state index contributed by atoms with van der Waals surface area (Å²) in [6.45, 7) is 7.51. The minimum absolute atomic E-state index is 0.0831. The molecule has 0 aliphatic rings. The Balaban J connectivity index is 1.45. The highest BCUT2D eigenvalue weighted by molar-refractivity contribution is 5.73. The number of rotatable bonds is 8. The van der Waals surface area contributed by atoms with Gasteiger partial charge in [0.1, 0.15) is 5.82 Å². The Kier molecular flexibility index (Phi) is 6.84. The molecule has 152 valence electrons. The van der Waals surface area contributed by atoms with Crippen molar-refractivity contribution in [2.75, 3.05) is 0 Å². The number of nitrogens with zero attached hydrogens (tertiary/aromatic N) is 3. The summed E-state index contributed by atoms with van der Waals surface area (Å²) in [7, 11) is 0. The molecule has 0 fully saturated rings. The van der Waals surface area contributed by atoms with Gasteiger partial charge in [-0.25, -0.2) is 14.8 Å². The molecule has 0 aliphatic carbocycles. The van der Waals surface area contributed by atoms with Crippen molar-refractivity contribution in [3.8, 4) is 5.88 Å². The Bertz CT molecular complexity index is 934. The highest BCUT2D eigenvalue weighted by Crippen LogP contribution is 2.10. The van der Waals surface area contributed by atoms with Gasteiger partial charge in [0.25, 0.3) is 0 Å². The first-order chi connectivity index (χ1) is 14.0. The zero-order valence-corrected chi connectivity index (χ0v) is 17.1. The Hall–Kier alpha value is -3.35. The van der Waals surface area contributed by atoms with E-state index >= 15 is 0 Å². The summed E-state index contributed by atoms with van der Waals surface area (Å²) in [6.07, 6.45) is 5.55. The summed E-state index contributed by atoms with van der Waals surface area (Å²) >= 11 is 0. The van der Waals surface area contributed by atoms with E-state index in [9.17, 15) is 4.79 Å². The zero-order chi connectivity index (χ0) is 20.6. The third kappa shape index (κ3) is 6.34. The quantitative estimate of drug-likeness (QED) is 0.614. The number of ether oxygens (including phenoxy) is 1. The lowest BCUT2D eigenvalue weighted by molar-refractivity contribution is 0.232. The summed E-state index contributed by atoms with van der Waals surface area (Å²) < 4.78 is 7.60. The third-order valence-corrected chi connectivity index (χ3v) is 4.33. The fourth-order valence-electron chi connectivity index (χ4n) is 2.86. The molecule has 0 spiro atoms. The zero-order valence-electron chi connectivity index (χ0n) is 17.1. The van der Waals surface area contributed by atoms with Crippen molar-refractivity contribution in [3.05, 3.63) is 77.5 Å². The molecule has 0 unspecified atom stereocenters. The van der Waals surface area contributed by atoms with E-state index in [-0.39, 0.29) is 12.1 Å². The van der Waals surface area contributed by atoms with Gasteiger partial charge in [0.15, 0.2) is 0 Å². The highest BCUT2D eigenvalue weighted by atomic mass is 16.5. The lowest BCUT2D eigenvalue weighted by Gasteiger charge is -2.11. The Labute approximate surface area is 171 Å². The number of carbonyl (C=O) groups is 1. The number of aromatic nitrogens is 3. The normalized spacial score (nSPS) is 10.8. The largest absolute Gasteiger partial charge is 0.475 e. The lowest BCUT2D eigenvalue weighted by atomic mass is 10.1. The van der Waals surface area contributed by atoms with Crippen LogP contribution in [0.1, 0.15) is 36.4 Å². The molecule has 0 saturated carbocycles. The van der Waals surface area contributed by atoms with Gasteiger partial charge in [0, 0.05) is 44.3 Å². The summed E-state index contributed by atoms with van der Waals surface area (Å²) in [6, 6.07) is 11.7. The molecule has 0 saturated heterocycles. The van der Waals surface area contributed by atoms with E-state index < -0.39 is 0 Å². The Morgan fingerprint density at radius 2 is 1.83 bits per heavy atom. The summed E-state index contributed by atoms with van der Waals surface area (Å²) in [5, 5.41) is 5.73. The number of pyridine rings is 1. The van der Waals surface area contributed by atoms with Crippen molar-refractivity contribution < 1.29 is 9.53 Å². The fraction of sp³-hybridized carbons (Fsp3) is 0.318. The number of aryl methyl sites for hydroxylation is 1. The second-order valence-corrected chi connectivity index (χ2v) is 7.13. The monoisotopic (exact) mass is 393 g/mol. The fourth-order valence-corrected chi connectivity index (χ4v) is 2.86. The van der Waals surface area contributed by atoms with Crippen molar-refractivity contribution >= 4 is 6.03 Å². The molecule has 3 aromatic rings. The lowest BCUT2D eigenvalue weighted by Crippen LogP contribution is -2.34. The van der Waals surface area contributed by atoms with Gasteiger partial charge in [-0.05, 0) is 37.5 Å². The number of benzene rings is 1. The van der Waals surface area contributed by atoms with E-state index in [0.29, 0.717) is 19.0 Å². The molecule has 7 nitrogen and oxygen atoms in total. The number of hydrogen-bond donors (Lipinski definition) is 2. The number of urea groups is 1. The average Bonchev–Trinajstić information content (AvgIpc) is 3.10. The molecule has 0 aliphatic heterocycles. The van der Waals surface area contributed by atoms with Crippen molar-refractivity contribution in [2.45, 2.75) is 46.5 Å². The van der Waals surface area contributed by atoms with Crippen LogP contribution in [0.2, 0.25) is 0 Å². The summed E-state index contributed by atoms with van der Waals surface area (Å²) in [5.74, 6) is 1.56. The van der Waals surface area contributed by atoms with Gasteiger partial charge in [0.05, 0.1) is 6.10 Å². The second kappa shape index (κ2) is 9.73. The molecule has 0 atom stereocenters. The van der Waals surface area contributed by atoms with E-state index in [1.807, 2.05) is 51.2 Å². The molecule has 7 heteroatoms. The van der Waals surface area contributed by atoms with Crippen LogP contribution < -0.4 is 15.4 Å². The predicted molar refractivity (Wildman–Crippen MR) is 112 cm³/mol. The van der Waals surface area contributed by atoms with E-state index in [1.54, 1.807) is 12.4 Å². The average molecular weight is 393 g/mol. The number of hydrogen-bond acceptors (Lipinski definition) is 4. The van der Waals surface area contributed by atoms with E-state index in [0.717, 1.165) is 23.5 Å². The van der Waals surface area contributed by atoms with Gasteiger partial charge in [-0.1, -0.05) is 30.3 Å². The van der Waals surface area contributed by atoms with Crippen LogP contribution in [-0.4, -0.2) is 26.7 Å². The van der Waals surface area contributed by atoms with Crippen LogP contribution in [0.5, 0.6) is 5.88 Å². The number of carbonyl (C=O) groups excluding carboxylic acids is 1. The molecule has 2 aromatic heterocycles. The number of amides is 2. The van der Waals surface area contributed by atoms with E-state index in [1.165, 1.54) is 5.56 Å². The van der Waals surface area contributed by atoms with Gasteiger partial charge in [-0.2, -0.15) is 0 Å². The molecule has 2 N–H and O–H groups in total. The van der Waals surface area contributed by atoms with Gasteiger partial charge in [0.2, 0.25) is 5.88 Å². The Morgan fingerprint density at radius 1 is 1.07 bits per heavy atom. The molecule has 2 amide bonds. The smallest absolute Gasteiger partial charge is 0.315 e. The summed E-state index contributed by atoms with van der Waals surface area (Å²) in [5.41, 5.74) is 3.13. The van der Waals surface area contributed by atoms with Gasteiger partial charge in [-0.15, -0.1) is 0 Å². The molecule has 3 rings (SSSR count). The van der Waals surface area contributed by atoms with Gasteiger partial charge in [-0.3, -0.25) is 0 Å². The first kappa shape index (κ1) is 20.4. The van der Waals surface area contributed by atoms with E-state index in [2.05, 4.69) is 37.3 Å². The minimum Gasteiger partial charge on any atom is -0.475 e. The van der Waals surface area contributed by atoms with Crippen molar-refractivity contribution in [3.63, 3.8) is 0 Å². The number of imidazole rings is 1. The van der Waals surface area contributed by atoms with Crippen LogP contribution in [0.25, 0.3) is 0 Å². The first-order valence-electron chi connectivity index (χ1n) is 9.68. The van der Waals surface area contributed by atoms with Crippen LogP contribution >= 0.6 is 0 Å². The standard InChI is InChI=1S/C22H27N5O2/c1-16(2)29-21-8-7-20(13-24-21)14-26-22(28)25-12-18-5-4-6-19(11-18)15-27-10-9-23-17(27)3/h4-11,13,16H,12,14-15H2,1-3H3,(H2,25,26,28). The highest BCUT2D eigenvalue weighted by Gasteiger charge is 2.04. The number of nitrogens with one attached hydrogen (secondary N) is 2. The minimum atomic E-state index is -0.219. The first-order valence-corrected chi connectivity index (χ1v) is 9.68. The second-order valence-electron chi connectivity index (χ2n) is 7.13.